The summed E-state index contributed by atoms with van der Waals surface area (Å²) < 4.78 is 14.8. The zero-order valence-electron chi connectivity index (χ0n) is 16.7. The lowest BCUT2D eigenvalue weighted by molar-refractivity contribution is 0.100. The lowest BCUT2D eigenvalue weighted by Crippen LogP contribution is -2.18. The molecule has 0 saturated heterocycles. The number of aromatic nitrogens is 4. The van der Waals surface area contributed by atoms with E-state index in [0.717, 1.165) is 5.56 Å². The highest BCUT2D eigenvalue weighted by Crippen LogP contribution is 2.20. The fraction of sp³-hybridized carbons (Fsp3) is 0.136. The third-order valence-electron chi connectivity index (χ3n) is 4.86. The van der Waals surface area contributed by atoms with Crippen molar-refractivity contribution in [1.29, 1.82) is 0 Å². The van der Waals surface area contributed by atoms with Crippen LogP contribution in [-0.4, -0.2) is 31.8 Å². The molecule has 0 spiro atoms. The maximum Gasteiger partial charge on any atom is 0.275 e. The highest BCUT2D eigenvalue weighted by Gasteiger charge is 2.19. The van der Waals surface area contributed by atoms with Gasteiger partial charge in [-0.05, 0) is 36.2 Å². The van der Waals surface area contributed by atoms with Gasteiger partial charge in [0.05, 0.1) is 23.3 Å². The number of anilines is 1. The van der Waals surface area contributed by atoms with Crippen molar-refractivity contribution < 1.29 is 14.0 Å². The second-order valence-electron chi connectivity index (χ2n) is 6.91. The molecule has 156 valence electrons. The molecule has 9 heteroatoms. The third-order valence-corrected chi connectivity index (χ3v) is 4.86. The number of hydrogen-bond donors (Lipinski definition) is 2. The molecule has 0 radical (unpaired) electrons. The maximum atomic E-state index is 13.1. The van der Waals surface area contributed by atoms with Gasteiger partial charge >= 0.3 is 0 Å². The normalized spacial score (nSPS) is 10.9. The number of hydrogen-bond acceptors (Lipinski definition) is 5. The van der Waals surface area contributed by atoms with Gasteiger partial charge in [-0.2, -0.15) is 0 Å². The second kappa shape index (κ2) is 8.31. The van der Waals surface area contributed by atoms with Crippen molar-refractivity contribution in [2.45, 2.75) is 19.9 Å². The molecule has 0 unspecified atom stereocenters. The Balaban J connectivity index is 1.62. The molecular weight excluding hydrogens is 399 g/mol. The van der Waals surface area contributed by atoms with Gasteiger partial charge < -0.3 is 11.1 Å². The third kappa shape index (κ3) is 4.11. The minimum absolute atomic E-state index is 0.0441. The van der Waals surface area contributed by atoms with Gasteiger partial charge in [-0.3, -0.25) is 9.59 Å². The monoisotopic (exact) mass is 418 g/mol. The van der Waals surface area contributed by atoms with Gasteiger partial charge in [-0.15, -0.1) is 5.10 Å². The van der Waals surface area contributed by atoms with Crippen molar-refractivity contribution in [1.82, 2.24) is 20.0 Å². The largest absolute Gasteiger partial charge is 0.366 e. The van der Waals surface area contributed by atoms with E-state index in [1.54, 1.807) is 41.1 Å². The van der Waals surface area contributed by atoms with Crippen molar-refractivity contribution in [3.8, 4) is 0 Å². The van der Waals surface area contributed by atoms with Crippen molar-refractivity contribution in [3.05, 3.63) is 82.9 Å². The van der Waals surface area contributed by atoms with E-state index in [2.05, 4.69) is 20.6 Å². The summed E-state index contributed by atoms with van der Waals surface area (Å²) >= 11 is 0. The number of benzene rings is 2. The van der Waals surface area contributed by atoms with Crippen LogP contribution in [0.3, 0.4) is 0 Å². The summed E-state index contributed by atoms with van der Waals surface area (Å²) in [5, 5.41) is 11.5. The Labute approximate surface area is 176 Å². The van der Waals surface area contributed by atoms with E-state index in [9.17, 15) is 14.0 Å². The van der Waals surface area contributed by atoms with E-state index < -0.39 is 11.8 Å². The predicted molar refractivity (Wildman–Crippen MR) is 113 cm³/mol. The molecule has 2 aromatic heterocycles. The molecule has 0 saturated carbocycles. The van der Waals surface area contributed by atoms with Crippen molar-refractivity contribution in [3.63, 3.8) is 0 Å². The van der Waals surface area contributed by atoms with Crippen LogP contribution < -0.4 is 11.1 Å². The summed E-state index contributed by atoms with van der Waals surface area (Å²) in [5.41, 5.74) is 7.78. The summed E-state index contributed by atoms with van der Waals surface area (Å²) in [5.74, 6) is -1.20. The molecule has 2 amide bonds. The van der Waals surface area contributed by atoms with E-state index in [-0.39, 0.29) is 17.1 Å². The Morgan fingerprint density at radius 1 is 1.13 bits per heavy atom. The molecule has 0 aliphatic carbocycles. The lowest BCUT2D eigenvalue weighted by Gasteiger charge is -2.09. The Kier molecular flexibility index (Phi) is 5.40. The first-order chi connectivity index (χ1) is 15.0. The Morgan fingerprint density at radius 3 is 2.58 bits per heavy atom. The van der Waals surface area contributed by atoms with Crippen LogP contribution in [0.25, 0.3) is 10.9 Å². The van der Waals surface area contributed by atoms with Crippen LogP contribution in [0.1, 0.15) is 39.0 Å². The van der Waals surface area contributed by atoms with E-state index in [0.29, 0.717) is 35.4 Å². The van der Waals surface area contributed by atoms with Crippen LogP contribution in [-0.2, 0) is 13.0 Å². The van der Waals surface area contributed by atoms with Crippen molar-refractivity contribution in [2.75, 3.05) is 5.32 Å². The fourth-order valence-corrected chi connectivity index (χ4v) is 3.34. The molecule has 3 N–H and O–H groups in total. The Hall–Kier alpha value is -4.14. The lowest BCUT2D eigenvalue weighted by atomic mass is 10.1. The summed E-state index contributed by atoms with van der Waals surface area (Å²) in [6.45, 7) is 2.29. The van der Waals surface area contributed by atoms with Gasteiger partial charge in [0.1, 0.15) is 11.5 Å². The molecule has 8 nitrogen and oxygen atoms in total. The Bertz CT molecular complexity index is 1280. The Morgan fingerprint density at radius 2 is 1.87 bits per heavy atom. The first-order valence-electron chi connectivity index (χ1n) is 9.64. The van der Waals surface area contributed by atoms with Crippen LogP contribution in [0.5, 0.6) is 0 Å². The molecule has 2 aromatic carbocycles. The van der Waals surface area contributed by atoms with Crippen molar-refractivity contribution >= 4 is 28.5 Å². The van der Waals surface area contributed by atoms with Gasteiger partial charge in [-0.1, -0.05) is 42.5 Å². The minimum Gasteiger partial charge on any atom is -0.366 e. The number of carbonyl (C=O) groups is 2. The molecule has 31 heavy (non-hydrogen) atoms. The number of nitrogens with zero attached hydrogens (tertiary/aromatic N) is 4. The summed E-state index contributed by atoms with van der Waals surface area (Å²) in [4.78, 5) is 29.1. The van der Waals surface area contributed by atoms with Gasteiger partial charge in [-0.25, -0.2) is 14.1 Å². The quantitative estimate of drug-likeness (QED) is 0.499. The van der Waals surface area contributed by atoms with Gasteiger partial charge in [0, 0.05) is 5.39 Å². The fourth-order valence-electron chi connectivity index (χ4n) is 3.34. The standard InChI is InChI=1S/C22H19FN6O2/c1-2-19-21(27-28-29(19)12-13-7-9-14(23)10-8-13)26-22(31)18-11-16(20(24)30)15-5-3-4-6-17(15)25-18/h3-11H,2,12H2,1H3,(H2,24,30)(H,26,31). The number of amides is 2. The highest BCUT2D eigenvalue weighted by molar-refractivity contribution is 6.10. The number of nitrogens with two attached hydrogens (primary N) is 1. The van der Waals surface area contributed by atoms with E-state index in [4.69, 9.17) is 5.73 Å². The molecule has 0 bridgehead atoms. The number of primary amides is 1. The minimum atomic E-state index is -0.646. The molecule has 0 fully saturated rings. The van der Waals surface area contributed by atoms with Crippen LogP contribution in [0.15, 0.2) is 54.6 Å². The van der Waals surface area contributed by atoms with Crippen LogP contribution >= 0.6 is 0 Å². The average molecular weight is 418 g/mol. The molecule has 4 rings (SSSR count). The summed E-state index contributed by atoms with van der Waals surface area (Å²) in [6, 6.07) is 14.4. The summed E-state index contributed by atoms with van der Waals surface area (Å²) in [6.07, 6.45) is 0.557. The van der Waals surface area contributed by atoms with Crippen LogP contribution in [0.4, 0.5) is 10.2 Å². The number of rotatable bonds is 6. The van der Waals surface area contributed by atoms with E-state index >= 15 is 0 Å². The zero-order chi connectivity index (χ0) is 22.0. The SMILES string of the molecule is CCc1c(NC(=O)c2cc(C(N)=O)c3ccccc3n2)nnn1Cc1ccc(F)cc1. The van der Waals surface area contributed by atoms with Crippen molar-refractivity contribution in [2.24, 2.45) is 5.73 Å². The molecule has 2 heterocycles. The molecule has 0 atom stereocenters. The number of halogens is 1. The molecular formula is C22H19FN6O2. The van der Waals surface area contributed by atoms with Gasteiger partial charge in [0.2, 0.25) is 5.91 Å². The van der Waals surface area contributed by atoms with Gasteiger partial charge in [0.25, 0.3) is 5.91 Å². The topological polar surface area (TPSA) is 116 Å². The molecule has 4 aromatic rings. The van der Waals surface area contributed by atoms with Crippen LogP contribution in [0.2, 0.25) is 0 Å². The predicted octanol–water partition coefficient (Wildman–Crippen LogP) is 2.93. The van der Waals surface area contributed by atoms with Crippen LogP contribution in [0, 0.1) is 5.82 Å². The number of para-hydroxylation sites is 1. The highest BCUT2D eigenvalue weighted by atomic mass is 19.1. The average Bonchev–Trinajstić information content (AvgIpc) is 3.15. The summed E-state index contributed by atoms with van der Waals surface area (Å²) in [7, 11) is 0. The maximum absolute atomic E-state index is 13.1. The first-order valence-corrected chi connectivity index (χ1v) is 9.64. The number of carbonyl (C=O) groups excluding carboxylic acids is 2. The van der Waals surface area contributed by atoms with E-state index in [1.807, 2.05) is 6.92 Å². The van der Waals surface area contributed by atoms with Gasteiger partial charge in [0.15, 0.2) is 5.82 Å². The van der Waals surface area contributed by atoms with E-state index in [1.165, 1.54) is 18.2 Å². The molecule has 0 aliphatic rings. The zero-order valence-corrected chi connectivity index (χ0v) is 16.7. The molecule has 0 aliphatic heterocycles. The first kappa shape index (κ1) is 20.1. The number of fused-ring (bicyclic) bond motifs is 1. The number of pyridine rings is 1. The number of nitrogens with one attached hydrogen (secondary N) is 1. The second-order valence-corrected chi connectivity index (χ2v) is 6.91. The smallest absolute Gasteiger partial charge is 0.275 e.